The van der Waals surface area contributed by atoms with Crippen LogP contribution >= 0.6 is 0 Å². The van der Waals surface area contributed by atoms with Crippen LogP contribution in [0.2, 0.25) is 0 Å². The number of amides is 1. The third-order valence-electron chi connectivity index (χ3n) is 2.03. The van der Waals surface area contributed by atoms with Gasteiger partial charge in [0.05, 0.1) is 11.7 Å². The van der Waals surface area contributed by atoms with Crippen LogP contribution in [0.3, 0.4) is 0 Å². The molecule has 0 saturated heterocycles. The number of furan rings is 1. The van der Waals surface area contributed by atoms with Crippen molar-refractivity contribution in [3.8, 4) is 0 Å². The quantitative estimate of drug-likeness (QED) is 0.680. The number of rotatable bonds is 4. The monoisotopic (exact) mass is 227 g/mol. The highest BCUT2D eigenvalue weighted by Gasteiger charge is 2.25. The van der Waals surface area contributed by atoms with Gasteiger partial charge in [-0.3, -0.25) is 4.79 Å². The molecular formula is C10H13NO5. The van der Waals surface area contributed by atoms with Crippen LogP contribution in [0.4, 0.5) is 0 Å². The molecule has 0 bridgehead atoms. The van der Waals surface area contributed by atoms with E-state index in [0.29, 0.717) is 5.76 Å². The first-order chi connectivity index (χ1) is 7.41. The molecule has 2 atom stereocenters. The smallest absolute Gasteiger partial charge is 0.328 e. The molecule has 0 fully saturated rings. The van der Waals surface area contributed by atoms with E-state index in [4.69, 9.17) is 14.6 Å². The molecule has 0 aliphatic heterocycles. The first-order valence-corrected chi connectivity index (χ1v) is 4.68. The molecule has 3 N–H and O–H groups in total. The first kappa shape index (κ1) is 12.3. The lowest BCUT2D eigenvalue weighted by Crippen LogP contribution is -2.47. The number of aliphatic hydroxyl groups is 1. The second-order valence-electron chi connectivity index (χ2n) is 3.48. The van der Waals surface area contributed by atoms with Crippen LogP contribution in [0.25, 0.3) is 0 Å². The molecule has 1 heterocycles. The SMILES string of the molecule is Cc1cc(C(=O)NC(C(=O)O)C(C)O)co1. The molecule has 0 radical (unpaired) electrons. The fourth-order valence-electron chi connectivity index (χ4n) is 1.18. The van der Waals surface area contributed by atoms with E-state index in [1.165, 1.54) is 19.3 Å². The van der Waals surface area contributed by atoms with E-state index >= 15 is 0 Å². The number of carbonyl (C=O) groups excluding carboxylic acids is 1. The Morgan fingerprint density at radius 3 is 2.50 bits per heavy atom. The number of aliphatic hydroxyl groups excluding tert-OH is 1. The Hall–Kier alpha value is -1.82. The van der Waals surface area contributed by atoms with Crippen LogP contribution < -0.4 is 5.32 Å². The molecule has 0 aliphatic carbocycles. The van der Waals surface area contributed by atoms with Crippen LogP contribution in [-0.4, -0.2) is 34.2 Å². The fraction of sp³-hybridized carbons (Fsp3) is 0.400. The van der Waals surface area contributed by atoms with Crippen molar-refractivity contribution < 1.29 is 24.2 Å². The van der Waals surface area contributed by atoms with Gasteiger partial charge < -0.3 is 19.9 Å². The van der Waals surface area contributed by atoms with Gasteiger partial charge in [0.15, 0.2) is 6.04 Å². The van der Waals surface area contributed by atoms with E-state index in [1.54, 1.807) is 6.92 Å². The van der Waals surface area contributed by atoms with Crippen molar-refractivity contribution >= 4 is 11.9 Å². The van der Waals surface area contributed by atoms with Crippen LogP contribution in [0.15, 0.2) is 16.7 Å². The maximum Gasteiger partial charge on any atom is 0.328 e. The van der Waals surface area contributed by atoms with E-state index < -0.39 is 24.0 Å². The van der Waals surface area contributed by atoms with Crippen molar-refractivity contribution in [2.24, 2.45) is 0 Å². The first-order valence-electron chi connectivity index (χ1n) is 4.68. The second kappa shape index (κ2) is 4.80. The summed E-state index contributed by atoms with van der Waals surface area (Å²) < 4.78 is 4.92. The molecule has 2 unspecified atom stereocenters. The largest absolute Gasteiger partial charge is 0.480 e. The van der Waals surface area contributed by atoms with Crippen LogP contribution in [0.5, 0.6) is 0 Å². The third-order valence-corrected chi connectivity index (χ3v) is 2.03. The topological polar surface area (TPSA) is 99.8 Å². The number of carbonyl (C=O) groups is 2. The minimum atomic E-state index is -1.33. The molecule has 0 saturated carbocycles. The maximum atomic E-state index is 11.5. The van der Waals surface area contributed by atoms with E-state index in [9.17, 15) is 9.59 Å². The number of hydrogen-bond donors (Lipinski definition) is 3. The average molecular weight is 227 g/mol. The Bertz CT molecular complexity index is 396. The van der Waals surface area contributed by atoms with E-state index in [-0.39, 0.29) is 5.56 Å². The van der Waals surface area contributed by atoms with Gasteiger partial charge >= 0.3 is 5.97 Å². The summed E-state index contributed by atoms with van der Waals surface area (Å²) in [6.07, 6.45) is 0.0560. The zero-order valence-electron chi connectivity index (χ0n) is 8.93. The van der Waals surface area contributed by atoms with Crippen molar-refractivity contribution in [1.29, 1.82) is 0 Å². The number of carboxylic acid groups (broad SMARTS) is 1. The van der Waals surface area contributed by atoms with Crippen LogP contribution in [0, 0.1) is 6.92 Å². The third kappa shape index (κ3) is 2.83. The molecule has 16 heavy (non-hydrogen) atoms. The number of nitrogens with one attached hydrogen (secondary N) is 1. The Kier molecular flexibility index (Phi) is 3.68. The van der Waals surface area contributed by atoms with Gasteiger partial charge in [-0.1, -0.05) is 0 Å². The minimum Gasteiger partial charge on any atom is -0.480 e. The number of aliphatic carboxylic acids is 1. The zero-order chi connectivity index (χ0) is 12.3. The van der Waals surface area contributed by atoms with Gasteiger partial charge in [0.2, 0.25) is 0 Å². The van der Waals surface area contributed by atoms with Gasteiger partial charge in [0, 0.05) is 0 Å². The standard InChI is InChI=1S/C10H13NO5/c1-5-3-7(4-16-5)9(13)11-8(6(2)12)10(14)15/h3-4,6,8,12H,1-2H3,(H,11,13)(H,14,15). The maximum absolute atomic E-state index is 11.5. The lowest BCUT2D eigenvalue weighted by Gasteiger charge is -2.16. The summed E-state index contributed by atoms with van der Waals surface area (Å²) in [6.45, 7) is 2.96. The summed E-state index contributed by atoms with van der Waals surface area (Å²) in [4.78, 5) is 22.2. The molecule has 0 spiro atoms. The summed E-state index contributed by atoms with van der Waals surface area (Å²) in [5.74, 6) is -1.33. The normalized spacial score (nSPS) is 14.2. The number of hydrogen-bond acceptors (Lipinski definition) is 4. The van der Waals surface area contributed by atoms with Gasteiger partial charge in [-0.2, -0.15) is 0 Å². The molecule has 1 amide bonds. The summed E-state index contributed by atoms with van der Waals surface area (Å²) >= 11 is 0. The molecule has 1 aromatic heterocycles. The lowest BCUT2D eigenvalue weighted by molar-refractivity contribution is -0.141. The molecule has 6 heteroatoms. The summed E-state index contributed by atoms with van der Waals surface area (Å²) in [5.41, 5.74) is 0.226. The highest BCUT2D eigenvalue weighted by Crippen LogP contribution is 2.06. The molecule has 1 rings (SSSR count). The molecule has 6 nitrogen and oxygen atoms in total. The van der Waals surface area contributed by atoms with Crippen molar-refractivity contribution in [2.75, 3.05) is 0 Å². The van der Waals surface area contributed by atoms with Crippen molar-refractivity contribution in [1.82, 2.24) is 5.32 Å². The van der Waals surface area contributed by atoms with Gasteiger partial charge in [-0.15, -0.1) is 0 Å². The Labute approximate surface area is 91.9 Å². The summed E-state index contributed by atoms with van der Waals surface area (Å²) in [7, 11) is 0. The predicted octanol–water partition coefficient (Wildman–Crippen LogP) is 0.152. The summed E-state index contributed by atoms with van der Waals surface area (Å²) in [5, 5.41) is 20.1. The molecule has 0 aliphatic rings. The van der Waals surface area contributed by atoms with Gasteiger partial charge in [0.1, 0.15) is 12.0 Å². The Morgan fingerprint density at radius 2 is 2.12 bits per heavy atom. The van der Waals surface area contributed by atoms with Crippen LogP contribution in [0.1, 0.15) is 23.0 Å². The molecule has 1 aromatic rings. The minimum absolute atomic E-state index is 0.226. The predicted molar refractivity (Wildman–Crippen MR) is 54.0 cm³/mol. The summed E-state index contributed by atoms with van der Waals surface area (Å²) in [6, 6.07) is 0.152. The van der Waals surface area contributed by atoms with Gasteiger partial charge in [0.25, 0.3) is 5.91 Å². The second-order valence-corrected chi connectivity index (χ2v) is 3.48. The highest BCUT2D eigenvalue weighted by molar-refractivity contribution is 5.96. The zero-order valence-corrected chi connectivity index (χ0v) is 8.93. The Morgan fingerprint density at radius 1 is 1.50 bits per heavy atom. The van der Waals surface area contributed by atoms with Crippen LogP contribution in [-0.2, 0) is 4.79 Å². The van der Waals surface area contributed by atoms with E-state index in [0.717, 1.165) is 0 Å². The Balaban J connectivity index is 2.73. The van der Waals surface area contributed by atoms with Gasteiger partial charge in [-0.25, -0.2) is 4.79 Å². The van der Waals surface area contributed by atoms with E-state index in [1.807, 2.05) is 0 Å². The highest BCUT2D eigenvalue weighted by atomic mass is 16.4. The average Bonchev–Trinajstić information content (AvgIpc) is 2.59. The van der Waals surface area contributed by atoms with E-state index in [2.05, 4.69) is 5.32 Å². The molecule has 0 aromatic carbocycles. The molecule has 88 valence electrons. The lowest BCUT2D eigenvalue weighted by atomic mass is 10.1. The number of carboxylic acids is 1. The fourth-order valence-corrected chi connectivity index (χ4v) is 1.18. The number of aryl methyl sites for hydroxylation is 1. The van der Waals surface area contributed by atoms with Crippen molar-refractivity contribution in [2.45, 2.75) is 26.0 Å². The molecular weight excluding hydrogens is 214 g/mol. The van der Waals surface area contributed by atoms with Gasteiger partial charge in [-0.05, 0) is 19.9 Å². The van der Waals surface area contributed by atoms with Crippen molar-refractivity contribution in [3.63, 3.8) is 0 Å². The van der Waals surface area contributed by atoms with Crippen molar-refractivity contribution in [3.05, 3.63) is 23.7 Å².